The number of hydrogen-bond acceptors (Lipinski definition) is 6. The number of aliphatic carboxylic acids is 1. The molecule has 1 N–H and O–H groups in total. The lowest BCUT2D eigenvalue weighted by molar-refractivity contribution is -0.152. The Morgan fingerprint density at radius 3 is 2.39 bits per heavy atom. The van der Waals surface area contributed by atoms with Gasteiger partial charge in [-0.3, -0.25) is 0 Å². The number of aryl methyl sites for hydroxylation is 1. The van der Waals surface area contributed by atoms with Crippen LogP contribution in [-0.2, 0) is 21.2 Å². The molecule has 9 heteroatoms. The fourth-order valence-corrected chi connectivity index (χ4v) is 7.13. The van der Waals surface area contributed by atoms with E-state index < -0.39 is 21.6 Å². The fraction of sp³-hybridized carbons (Fsp3) is 0.375. The van der Waals surface area contributed by atoms with Crippen LogP contribution in [0.4, 0.5) is 0 Å². The monoisotopic (exact) mass is 507 g/mol. The van der Waals surface area contributed by atoms with Crippen LogP contribution in [-0.4, -0.2) is 42.5 Å². The summed E-state index contributed by atoms with van der Waals surface area (Å²) < 4.78 is 34.0. The van der Waals surface area contributed by atoms with Gasteiger partial charge < -0.3 is 9.84 Å². The zero-order valence-corrected chi connectivity index (χ0v) is 21.4. The molecule has 0 aliphatic heterocycles. The lowest BCUT2D eigenvalue weighted by Gasteiger charge is -2.22. The summed E-state index contributed by atoms with van der Waals surface area (Å²) in [6, 6.07) is 14.8. The van der Waals surface area contributed by atoms with Crippen LogP contribution < -0.4 is 4.74 Å². The van der Waals surface area contributed by atoms with E-state index in [1.54, 1.807) is 33.8 Å². The number of carboxylic acid groups (broad SMARTS) is 1. The summed E-state index contributed by atoms with van der Waals surface area (Å²) in [7, 11) is -3.54. The molecule has 2 aromatic heterocycles. The molecular weight excluding hydrogens is 478 g/mol. The Balaban J connectivity index is 1.62. The Bertz CT molecular complexity index is 1150. The largest absolute Gasteiger partial charge is 0.478 e. The number of thiophene rings is 2. The molecule has 0 radical (unpaired) electrons. The highest BCUT2D eigenvalue weighted by atomic mass is 32.2. The molecule has 33 heavy (non-hydrogen) atoms. The second-order valence-electron chi connectivity index (χ2n) is 8.17. The Morgan fingerprint density at radius 1 is 1.06 bits per heavy atom. The van der Waals surface area contributed by atoms with E-state index in [-0.39, 0.29) is 0 Å². The first kappa shape index (κ1) is 25.4. The molecule has 0 bridgehead atoms. The molecule has 6 nitrogen and oxygen atoms in total. The summed E-state index contributed by atoms with van der Waals surface area (Å²) in [6.07, 6.45) is 2.14. The van der Waals surface area contributed by atoms with Crippen molar-refractivity contribution >= 4 is 38.7 Å². The summed E-state index contributed by atoms with van der Waals surface area (Å²) in [5.41, 5.74) is -0.262. The van der Waals surface area contributed by atoms with Crippen molar-refractivity contribution in [3.05, 3.63) is 59.5 Å². The van der Waals surface area contributed by atoms with Crippen LogP contribution in [0.25, 0.3) is 9.75 Å². The summed E-state index contributed by atoms with van der Waals surface area (Å²) in [5, 5.41) is 11.2. The SMILES string of the molecule is CCCN(CCCc1ccc(OC(C)(C)C(=O)O)cc1)S(=O)(=O)c1ccc(-c2cccs2)s1. The molecule has 2 heterocycles. The quantitative estimate of drug-likeness (QED) is 0.337. The van der Waals surface area contributed by atoms with Gasteiger partial charge in [-0.15, -0.1) is 22.7 Å². The van der Waals surface area contributed by atoms with Gasteiger partial charge in [-0.2, -0.15) is 4.31 Å². The first-order chi connectivity index (χ1) is 15.6. The van der Waals surface area contributed by atoms with Crippen molar-refractivity contribution in [1.29, 1.82) is 0 Å². The van der Waals surface area contributed by atoms with E-state index in [2.05, 4.69) is 0 Å². The van der Waals surface area contributed by atoms with Gasteiger partial charge in [-0.1, -0.05) is 25.1 Å². The molecule has 3 aromatic rings. The fourth-order valence-electron chi connectivity index (χ4n) is 3.26. The average Bonchev–Trinajstić information content (AvgIpc) is 3.46. The molecule has 0 fully saturated rings. The zero-order valence-electron chi connectivity index (χ0n) is 19.0. The number of nitrogens with zero attached hydrogens (tertiary/aromatic N) is 1. The van der Waals surface area contributed by atoms with Crippen molar-refractivity contribution in [2.24, 2.45) is 0 Å². The summed E-state index contributed by atoms with van der Waals surface area (Å²) in [4.78, 5) is 13.3. The molecule has 3 rings (SSSR count). The average molecular weight is 508 g/mol. The minimum absolute atomic E-state index is 0.377. The van der Waals surface area contributed by atoms with E-state index in [9.17, 15) is 18.3 Å². The van der Waals surface area contributed by atoms with E-state index in [1.807, 2.05) is 42.6 Å². The van der Waals surface area contributed by atoms with Crippen LogP contribution in [0.5, 0.6) is 5.75 Å². The number of carbonyl (C=O) groups is 1. The molecule has 0 spiro atoms. The highest BCUT2D eigenvalue weighted by molar-refractivity contribution is 7.91. The van der Waals surface area contributed by atoms with Crippen LogP contribution in [0.2, 0.25) is 0 Å². The van der Waals surface area contributed by atoms with E-state index >= 15 is 0 Å². The molecule has 0 atom stereocenters. The van der Waals surface area contributed by atoms with Crippen molar-refractivity contribution < 1.29 is 23.1 Å². The Kier molecular flexibility index (Phi) is 8.33. The first-order valence-corrected chi connectivity index (χ1v) is 13.9. The molecule has 0 saturated carbocycles. The van der Waals surface area contributed by atoms with Gasteiger partial charge >= 0.3 is 5.97 Å². The van der Waals surface area contributed by atoms with Gasteiger partial charge in [0.1, 0.15) is 9.96 Å². The maximum Gasteiger partial charge on any atom is 0.347 e. The van der Waals surface area contributed by atoms with Gasteiger partial charge in [-0.05, 0) is 74.4 Å². The van der Waals surface area contributed by atoms with Gasteiger partial charge in [0.2, 0.25) is 0 Å². The van der Waals surface area contributed by atoms with Gasteiger partial charge in [0, 0.05) is 22.8 Å². The predicted octanol–water partition coefficient (Wildman–Crippen LogP) is 5.75. The molecule has 0 saturated heterocycles. The standard InChI is InChI=1S/C24H29NO5S3/c1-4-15-25(33(28,29)22-14-13-21(32-22)20-8-6-17-31-20)16-5-7-18-9-11-19(12-10-18)30-24(2,3)23(26)27/h6,8-14,17H,4-5,7,15-16H2,1-3H3,(H,26,27). The van der Waals surface area contributed by atoms with Crippen molar-refractivity contribution in [1.82, 2.24) is 4.31 Å². The van der Waals surface area contributed by atoms with Crippen molar-refractivity contribution in [2.45, 2.75) is 49.8 Å². The van der Waals surface area contributed by atoms with Crippen LogP contribution in [0.3, 0.4) is 0 Å². The van der Waals surface area contributed by atoms with Gasteiger partial charge in [0.25, 0.3) is 10.0 Å². The Hall–Kier alpha value is -2.20. The topological polar surface area (TPSA) is 83.9 Å². The number of sulfonamides is 1. The highest BCUT2D eigenvalue weighted by Gasteiger charge is 2.29. The van der Waals surface area contributed by atoms with Gasteiger partial charge in [-0.25, -0.2) is 13.2 Å². The lowest BCUT2D eigenvalue weighted by Crippen LogP contribution is -2.37. The molecule has 0 aliphatic carbocycles. The van der Waals surface area contributed by atoms with Crippen molar-refractivity contribution in [3.8, 4) is 15.5 Å². The Labute approximate surface area is 203 Å². The third kappa shape index (κ3) is 6.44. The van der Waals surface area contributed by atoms with E-state index in [4.69, 9.17) is 4.74 Å². The molecule has 0 amide bonds. The summed E-state index contributed by atoms with van der Waals surface area (Å²) in [6.45, 7) is 5.90. The van der Waals surface area contributed by atoms with Crippen LogP contribution in [0.1, 0.15) is 39.2 Å². The molecular formula is C24H29NO5S3. The molecule has 178 valence electrons. The summed E-state index contributed by atoms with van der Waals surface area (Å²) in [5.74, 6) is -0.544. The highest BCUT2D eigenvalue weighted by Crippen LogP contribution is 2.34. The van der Waals surface area contributed by atoms with Crippen LogP contribution in [0, 0.1) is 0 Å². The third-order valence-corrected chi connectivity index (χ3v) is 9.61. The van der Waals surface area contributed by atoms with Crippen molar-refractivity contribution in [3.63, 3.8) is 0 Å². The minimum atomic E-state index is -3.54. The van der Waals surface area contributed by atoms with E-state index in [0.717, 1.165) is 21.7 Å². The van der Waals surface area contributed by atoms with E-state index in [1.165, 1.54) is 25.2 Å². The van der Waals surface area contributed by atoms with E-state index in [0.29, 0.717) is 35.9 Å². The third-order valence-electron chi connectivity index (χ3n) is 5.10. The molecule has 0 unspecified atom stereocenters. The number of carboxylic acids is 1. The van der Waals surface area contributed by atoms with Gasteiger partial charge in [0.05, 0.1) is 0 Å². The number of hydrogen-bond donors (Lipinski definition) is 1. The zero-order chi connectivity index (χ0) is 24.1. The normalized spacial score (nSPS) is 12.2. The number of ether oxygens (including phenoxy) is 1. The smallest absolute Gasteiger partial charge is 0.347 e. The summed E-state index contributed by atoms with van der Waals surface area (Å²) >= 11 is 2.91. The maximum atomic E-state index is 13.3. The maximum absolute atomic E-state index is 13.3. The molecule has 1 aromatic carbocycles. The molecule has 0 aliphatic rings. The lowest BCUT2D eigenvalue weighted by atomic mass is 10.1. The van der Waals surface area contributed by atoms with Crippen LogP contribution in [0.15, 0.2) is 58.1 Å². The second-order valence-corrected chi connectivity index (χ2v) is 12.4. The second kappa shape index (κ2) is 10.8. The predicted molar refractivity (Wildman–Crippen MR) is 134 cm³/mol. The first-order valence-electron chi connectivity index (χ1n) is 10.8. The number of benzene rings is 1. The minimum Gasteiger partial charge on any atom is -0.478 e. The van der Waals surface area contributed by atoms with Crippen LogP contribution >= 0.6 is 22.7 Å². The van der Waals surface area contributed by atoms with Crippen molar-refractivity contribution in [2.75, 3.05) is 13.1 Å². The Morgan fingerprint density at radius 2 is 1.79 bits per heavy atom. The van der Waals surface area contributed by atoms with Gasteiger partial charge in [0.15, 0.2) is 5.60 Å². The number of rotatable bonds is 12.